The normalized spacial score (nSPS) is 19.2. The lowest BCUT2D eigenvalue weighted by atomic mass is 9.80. The van der Waals surface area contributed by atoms with Crippen molar-refractivity contribution < 1.29 is 19.1 Å². The predicted octanol–water partition coefficient (Wildman–Crippen LogP) is 13.1. The fourth-order valence-electron chi connectivity index (χ4n) is 9.50. The van der Waals surface area contributed by atoms with Gasteiger partial charge in [0.25, 0.3) is 0 Å². The first-order chi connectivity index (χ1) is 31.0. The number of ether oxygens (including phenoxy) is 2. The topological polar surface area (TPSA) is 101 Å². The minimum atomic E-state index is -0.540. The van der Waals surface area contributed by atoms with Gasteiger partial charge in [-0.15, -0.1) is 0 Å². The molecule has 2 amide bonds. The molecule has 4 atom stereocenters. The third kappa shape index (κ3) is 12.1. The van der Waals surface area contributed by atoms with Crippen LogP contribution in [0.1, 0.15) is 152 Å². The van der Waals surface area contributed by atoms with E-state index in [2.05, 4.69) is 201 Å². The zero-order chi connectivity index (χ0) is 47.6. The number of nitrogens with one attached hydrogen (secondary N) is 4. The van der Waals surface area contributed by atoms with E-state index in [1.165, 1.54) is 44.5 Å². The van der Waals surface area contributed by atoms with Gasteiger partial charge >= 0.3 is 12.2 Å². The minimum absolute atomic E-state index is 0.0574. The third-order valence-corrected chi connectivity index (χ3v) is 13.5. The summed E-state index contributed by atoms with van der Waals surface area (Å²) in [5.41, 5.74) is 11.3. The van der Waals surface area contributed by atoms with Crippen molar-refractivity contribution in [3.63, 3.8) is 0 Å². The first kappa shape index (κ1) is 48.5. The molecule has 0 aromatic heterocycles. The fourth-order valence-corrected chi connectivity index (χ4v) is 9.50. The maximum atomic E-state index is 13.3. The zero-order valence-electron chi connectivity index (χ0n) is 41.5. The summed E-state index contributed by atoms with van der Waals surface area (Å²) in [5, 5.41) is 13.2. The first-order valence-electron chi connectivity index (χ1n) is 24.0. The van der Waals surface area contributed by atoms with Crippen LogP contribution < -0.4 is 21.3 Å². The van der Waals surface area contributed by atoms with Crippen molar-refractivity contribution in [3.05, 3.63) is 166 Å². The zero-order valence-corrected chi connectivity index (χ0v) is 41.5. The molecule has 0 bridgehead atoms. The lowest BCUT2D eigenvalue weighted by Crippen LogP contribution is -2.30. The molecule has 8 heteroatoms. The number of benzene rings is 5. The van der Waals surface area contributed by atoms with Gasteiger partial charge in [0.1, 0.15) is 12.2 Å². The molecule has 0 aliphatic carbocycles. The van der Waals surface area contributed by atoms with Crippen LogP contribution in [0, 0.1) is 0 Å². The summed E-state index contributed by atoms with van der Waals surface area (Å²) in [6.07, 6.45) is -0.379. The molecule has 2 aliphatic rings. The lowest BCUT2D eigenvalue weighted by molar-refractivity contribution is 0.118. The molecule has 0 spiro atoms. The van der Waals surface area contributed by atoms with Crippen molar-refractivity contribution in [2.45, 2.75) is 154 Å². The van der Waals surface area contributed by atoms with Gasteiger partial charge in [0.05, 0.1) is 0 Å². The Morgan fingerprint density at radius 2 is 0.727 bits per heavy atom. The standard InChI is InChI=1S/C58H74N4O4/c1-55(2,3)41-24-16-37(17-25-41)51(38-18-26-42(27-19-38)56(4,5)6)49-33-47(35-59-49)65-53(63)61-45-14-13-15-46(32-45)62-54(64)66-48-34-50(60-36-48)52(39-20-28-43(29-21-39)57(7,8)9)40-22-30-44(31-23-40)58(10,11)12/h13-32,47-52,59-60H,33-36H2,1-12H3,(H,61,63)(H,62,64)/t47-,48-,49-,50-/m1/s1. The number of rotatable bonds is 10. The average molecular weight is 891 g/mol. The monoisotopic (exact) mass is 891 g/mol. The molecule has 5 aromatic carbocycles. The first-order valence-corrected chi connectivity index (χ1v) is 24.0. The SMILES string of the molecule is CC(C)(C)c1ccc(C(c2ccc(C(C)(C)C)cc2)[C@H]2C[C@@H](OC(=O)Nc3cccc(NC(=O)O[C@H]4CN[C@@H](C(c5ccc(C(C)(C)C)cc5)c5ccc(C(C)(C)C)cc5)C4)c3)CN2)cc1. The number of hydrogen-bond donors (Lipinski definition) is 4. The van der Waals surface area contributed by atoms with Crippen LogP contribution in [-0.2, 0) is 31.1 Å². The summed E-state index contributed by atoms with van der Waals surface area (Å²) in [5.74, 6) is 0.159. The molecule has 350 valence electrons. The molecule has 4 N–H and O–H groups in total. The third-order valence-electron chi connectivity index (χ3n) is 13.5. The molecule has 0 radical (unpaired) electrons. The van der Waals surface area contributed by atoms with Gasteiger partial charge in [-0.2, -0.15) is 0 Å². The molecule has 8 nitrogen and oxygen atoms in total. The molecule has 0 unspecified atom stereocenters. The molecule has 0 saturated carbocycles. The molecule has 7 rings (SSSR count). The van der Waals surface area contributed by atoms with E-state index in [-0.39, 0.29) is 57.8 Å². The van der Waals surface area contributed by atoms with Crippen LogP contribution in [0.2, 0.25) is 0 Å². The second-order valence-electron chi connectivity index (χ2n) is 22.8. The summed E-state index contributed by atoms with van der Waals surface area (Å²) in [6, 6.07) is 43.1. The van der Waals surface area contributed by atoms with Crippen LogP contribution in [0.5, 0.6) is 0 Å². The van der Waals surface area contributed by atoms with Crippen molar-refractivity contribution in [1.82, 2.24) is 10.6 Å². The van der Waals surface area contributed by atoms with E-state index >= 15 is 0 Å². The highest BCUT2D eigenvalue weighted by Crippen LogP contribution is 2.38. The Hall–Kier alpha value is -5.44. The van der Waals surface area contributed by atoms with Crippen LogP contribution >= 0.6 is 0 Å². The highest BCUT2D eigenvalue weighted by molar-refractivity contribution is 5.89. The highest BCUT2D eigenvalue weighted by Gasteiger charge is 2.36. The van der Waals surface area contributed by atoms with Gasteiger partial charge in [0, 0.05) is 61.2 Å². The average Bonchev–Trinajstić information content (AvgIpc) is 3.90. The van der Waals surface area contributed by atoms with Gasteiger partial charge in [-0.1, -0.05) is 186 Å². The number of hydrogen-bond acceptors (Lipinski definition) is 6. The Morgan fingerprint density at radius 3 is 0.985 bits per heavy atom. The van der Waals surface area contributed by atoms with E-state index in [0.717, 1.165) is 0 Å². The van der Waals surface area contributed by atoms with Crippen LogP contribution in [0.4, 0.5) is 21.0 Å². The summed E-state index contributed by atoms with van der Waals surface area (Å²) >= 11 is 0. The van der Waals surface area contributed by atoms with Crippen LogP contribution in [0.15, 0.2) is 121 Å². The van der Waals surface area contributed by atoms with Crippen LogP contribution in [0.3, 0.4) is 0 Å². The van der Waals surface area contributed by atoms with Gasteiger partial charge in [-0.3, -0.25) is 10.6 Å². The maximum Gasteiger partial charge on any atom is 0.411 e. The summed E-state index contributed by atoms with van der Waals surface area (Å²) in [4.78, 5) is 26.7. The second-order valence-corrected chi connectivity index (χ2v) is 22.8. The van der Waals surface area contributed by atoms with Crippen molar-refractivity contribution in [2.24, 2.45) is 0 Å². The molecule has 5 aromatic rings. The van der Waals surface area contributed by atoms with Crippen molar-refractivity contribution in [3.8, 4) is 0 Å². The highest BCUT2D eigenvalue weighted by atomic mass is 16.6. The van der Waals surface area contributed by atoms with E-state index < -0.39 is 12.2 Å². The quantitative estimate of drug-likeness (QED) is 0.111. The Bertz CT molecular complexity index is 2130. The van der Waals surface area contributed by atoms with E-state index in [0.29, 0.717) is 37.3 Å². The smallest absolute Gasteiger partial charge is 0.411 e. The summed E-state index contributed by atoms with van der Waals surface area (Å²) in [7, 11) is 0. The van der Waals surface area contributed by atoms with Gasteiger partial charge in [-0.05, 0) is 84.4 Å². The van der Waals surface area contributed by atoms with Gasteiger partial charge < -0.3 is 20.1 Å². The van der Waals surface area contributed by atoms with Crippen molar-refractivity contribution in [1.29, 1.82) is 0 Å². The number of carbonyl (C=O) groups excluding carboxylic acids is 2. The molecular weight excluding hydrogens is 817 g/mol. The molecule has 2 fully saturated rings. The van der Waals surface area contributed by atoms with Crippen molar-refractivity contribution >= 4 is 23.6 Å². The van der Waals surface area contributed by atoms with E-state index in [1.807, 2.05) is 0 Å². The lowest BCUT2D eigenvalue weighted by Gasteiger charge is -2.27. The number of carbonyl (C=O) groups is 2. The summed E-state index contributed by atoms with van der Waals surface area (Å²) in [6.45, 7) is 27.9. The van der Waals surface area contributed by atoms with Gasteiger partial charge in [0.15, 0.2) is 0 Å². The largest absolute Gasteiger partial charge is 0.445 e. The van der Waals surface area contributed by atoms with Gasteiger partial charge in [0.2, 0.25) is 0 Å². The second kappa shape index (κ2) is 19.4. The van der Waals surface area contributed by atoms with E-state index in [1.54, 1.807) is 24.3 Å². The number of amides is 2. The Balaban J connectivity index is 0.957. The Morgan fingerprint density at radius 1 is 0.455 bits per heavy atom. The molecule has 2 saturated heterocycles. The van der Waals surface area contributed by atoms with Crippen molar-refractivity contribution in [2.75, 3.05) is 23.7 Å². The fraction of sp³-hybridized carbons (Fsp3) is 0.448. The van der Waals surface area contributed by atoms with E-state index in [9.17, 15) is 9.59 Å². The molecular formula is C58H74N4O4. The Labute approximate surface area is 395 Å². The van der Waals surface area contributed by atoms with Crippen LogP contribution in [-0.4, -0.2) is 49.6 Å². The molecule has 2 heterocycles. The summed E-state index contributed by atoms with van der Waals surface area (Å²) < 4.78 is 12.0. The minimum Gasteiger partial charge on any atom is -0.445 e. The van der Waals surface area contributed by atoms with Crippen LogP contribution in [0.25, 0.3) is 0 Å². The maximum absolute atomic E-state index is 13.3. The number of anilines is 2. The molecule has 66 heavy (non-hydrogen) atoms. The predicted molar refractivity (Wildman–Crippen MR) is 271 cm³/mol. The van der Waals surface area contributed by atoms with E-state index in [4.69, 9.17) is 9.47 Å². The Kier molecular flexibility index (Phi) is 14.3. The van der Waals surface area contributed by atoms with Gasteiger partial charge in [-0.25, -0.2) is 9.59 Å². The molecule has 2 aliphatic heterocycles.